The fourth-order valence-electron chi connectivity index (χ4n) is 2.66. The summed E-state index contributed by atoms with van der Waals surface area (Å²) >= 11 is 1.53. The third-order valence-corrected chi connectivity index (χ3v) is 6.99. The van der Waals surface area contributed by atoms with Crippen LogP contribution in [0.5, 0.6) is 0 Å². The number of aryl methyl sites for hydroxylation is 3. The summed E-state index contributed by atoms with van der Waals surface area (Å²) < 4.78 is 28.0. The van der Waals surface area contributed by atoms with E-state index in [0.717, 1.165) is 31.9 Å². The molecule has 0 spiro atoms. The number of fused-ring (bicyclic) bond motifs is 1. The van der Waals surface area contributed by atoms with Gasteiger partial charge in [-0.2, -0.15) is 9.41 Å². The number of sulfonamides is 1. The van der Waals surface area contributed by atoms with Gasteiger partial charge in [-0.15, -0.1) is 11.3 Å². The van der Waals surface area contributed by atoms with Crippen molar-refractivity contribution in [3.05, 3.63) is 52.3 Å². The fraction of sp³-hybridized carbons (Fsp3) is 0.278. The van der Waals surface area contributed by atoms with Gasteiger partial charge in [0, 0.05) is 18.1 Å². The van der Waals surface area contributed by atoms with Gasteiger partial charge in [0.2, 0.25) is 10.0 Å². The Labute approximate surface area is 167 Å². The quantitative estimate of drug-likeness (QED) is 0.489. The molecular formula is C18H21N5O3S2. The molecule has 148 valence electrons. The summed E-state index contributed by atoms with van der Waals surface area (Å²) in [4.78, 5) is 17.6. The highest BCUT2D eigenvalue weighted by atomic mass is 32.2. The number of rotatable bonds is 6. The van der Waals surface area contributed by atoms with E-state index >= 15 is 0 Å². The predicted octanol–water partition coefficient (Wildman–Crippen LogP) is 2.09. The summed E-state index contributed by atoms with van der Waals surface area (Å²) in [5.74, 6) is -0.533. The van der Waals surface area contributed by atoms with Crippen molar-refractivity contribution in [3.63, 3.8) is 0 Å². The Hall–Kier alpha value is -2.56. The number of hydrogen-bond donors (Lipinski definition) is 1. The number of carbonyl (C=O) groups excluding carboxylic acids is 1. The van der Waals surface area contributed by atoms with Crippen molar-refractivity contribution in [1.29, 1.82) is 0 Å². The average molecular weight is 420 g/mol. The van der Waals surface area contributed by atoms with E-state index in [-0.39, 0.29) is 11.4 Å². The molecule has 0 atom stereocenters. The number of amides is 1. The number of nitrogens with one attached hydrogen (secondary N) is 1. The van der Waals surface area contributed by atoms with Crippen LogP contribution in [0.25, 0.3) is 4.96 Å². The molecule has 0 aliphatic carbocycles. The number of benzene rings is 1. The highest BCUT2D eigenvalue weighted by molar-refractivity contribution is 7.89. The van der Waals surface area contributed by atoms with E-state index < -0.39 is 15.9 Å². The van der Waals surface area contributed by atoms with Crippen molar-refractivity contribution in [2.45, 2.75) is 25.7 Å². The second-order valence-electron chi connectivity index (χ2n) is 6.44. The second kappa shape index (κ2) is 7.82. The van der Waals surface area contributed by atoms with Gasteiger partial charge in [-0.25, -0.2) is 18.8 Å². The van der Waals surface area contributed by atoms with E-state index in [0.29, 0.717) is 0 Å². The van der Waals surface area contributed by atoms with Crippen LogP contribution in [0.3, 0.4) is 0 Å². The Bertz CT molecular complexity index is 1140. The lowest BCUT2D eigenvalue weighted by molar-refractivity contribution is -0.121. The van der Waals surface area contributed by atoms with E-state index in [9.17, 15) is 13.2 Å². The highest BCUT2D eigenvalue weighted by Crippen LogP contribution is 2.19. The topological polar surface area (TPSA) is 96.1 Å². The standard InChI is InChI=1S/C18H21N5O3S2/c1-12-5-7-15(8-6-12)28(25,26)22(4)10-17(24)21-19-9-16-14(3)20-18-23(16)13(2)11-27-18/h5-9,11H,10H2,1-4H3,(H,21,24)/b19-9-. The average Bonchev–Trinajstić information content (AvgIpc) is 3.14. The van der Waals surface area contributed by atoms with Crippen molar-refractivity contribution in [2.75, 3.05) is 13.6 Å². The van der Waals surface area contributed by atoms with Crippen molar-refractivity contribution in [3.8, 4) is 0 Å². The van der Waals surface area contributed by atoms with Gasteiger partial charge < -0.3 is 0 Å². The largest absolute Gasteiger partial charge is 0.286 e. The third-order valence-electron chi connectivity index (χ3n) is 4.23. The van der Waals surface area contributed by atoms with Gasteiger partial charge in [-0.1, -0.05) is 17.7 Å². The molecule has 0 fully saturated rings. The Morgan fingerprint density at radius 2 is 1.96 bits per heavy atom. The normalized spacial score (nSPS) is 12.3. The number of thiazole rings is 1. The Balaban J connectivity index is 1.66. The van der Waals surface area contributed by atoms with E-state index in [1.807, 2.05) is 30.6 Å². The minimum absolute atomic E-state index is 0.141. The van der Waals surface area contributed by atoms with Gasteiger partial charge in [0.25, 0.3) is 5.91 Å². The van der Waals surface area contributed by atoms with Crippen LogP contribution in [0.15, 0.2) is 39.6 Å². The first-order valence-electron chi connectivity index (χ1n) is 8.48. The molecule has 2 heterocycles. The van der Waals surface area contributed by atoms with E-state index in [2.05, 4.69) is 15.5 Å². The third kappa shape index (κ3) is 3.98. The highest BCUT2D eigenvalue weighted by Gasteiger charge is 2.22. The number of imidazole rings is 1. The number of aromatic nitrogens is 2. The van der Waals surface area contributed by atoms with E-state index in [4.69, 9.17) is 0 Å². The monoisotopic (exact) mass is 419 g/mol. The molecular weight excluding hydrogens is 398 g/mol. The number of hydrogen-bond acceptors (Lipinski definition) is 6. The van der Waals surface area contributed by atoms with Crippen LogP contribution in [0, 0.1) is 20.8 Å². The van der Waals surface area contributed by atoms with Crippen LogP contribution >= 0.6 is 11.3 Å². The molecule has 0 saturated carbocycles. The minimum atomic E-state index is -3.74. The Morgan fingerprint density at radius 3 is 2.64 bits per heavy atom. The van der Waals surface area contributed by atoms with Crippen LogP contribution < -0.4 is 5.43 Å². The van der Waals surface area contributed by atoms with Crippen molar-refractivity contribution < 1.29 is 13.2 Å². The van der Waals surface area contributed by atoms with Crippen LogP contribution in [0.1, 0.15) is 22.6 Å². The second-order valence-corrected chi connectivity index (χ2v) is 9.33. The van der Waals surface area contributed by atoms with E-state index in [1.165, 1.54) is 36.7 Å². The SMILES string of the molecule is Cc1ccc(S(=O)(=O)N(C)CC(=O)N/N=C\c2c(C)nc3scc(C)n23)cc1. The molecule has 1 N–H and O–H groups in total. The van der Waals surface area contributed by atoms with Gasteiger partial charge in [0.15, 0.2) is 4.96 Å². The summed E-state index contributed by atoms with van der Waals surface area (Å²) in [5, 5.41) is 5.95. The lowest BCUT2D eigenvalue weighted by Gasteiger charge is -2.16. The fourth-order valence-corrected chi connectivity index (χ4v) is 4.70. The zero-order valence-electron chi connectivity index (χ0n) is 16.0. The van der Waals surface area contributed by atoms with E-state index in [1.54, 1.807) is 12.1 Å². The molecule has 0 bridgehead atoms. The Morgan fingerprint density at radius 1 is 1.29 bits per heavy atom. The summed E-state index contributed by atoms with van der Waals surface area (Å²) in [6.07, 6.45) is 1.52. The summed E-state index contributed by atoms with van der Waals surface area (Å²) in [7, 11) is -2.39. The molecule has 0 aliphatic heterocycles. The van der Waals surface area contributed by atoms with Crippen LogP contribution in [-0.4, -0.2) is 47.8 Å². The van der Waals surface area contributed by atoms with Crippen molar-refractivity contribution in [2.24, 2.45) is 5.10 Å². The Kier molecular flexibility index (Phi) is 5.64. The van der Waals surface area contributed by atoms with Gasteiger partial charge in [0.1, 0.15) is 0 Å². The van der Waals surface area contributed by atoms with Crippen LogP contribution in [0.4, 0.5) is 0 Å². The first-order valence-corrected chi connectivity index (χ1v) is 10.8. The lowest BCUT2D eigenvalue weighted by Crippen LogP contribution is -2.36. The number of nitrogens with zero attached hydrogens (tertiary/aromatic N) is 4. The van der Waals surface area contributed by atoms with Crippen molar-refractivity contribution in [1.82, 2.24) is 19.1 Å². The molecule has 1 amide bonds. The molecule has 3 aromatic rings. The van der Waals surface area contributed by atoms with Gasteiger partial charge in [-0.05, 0) is 32.9 Å². The van der Waals surface area contributed by atoms with Gasteiger partial charge >= 0.3 is 0 Å². The first kappa shape index (κ1) is 20.2. The molecule has 0 saturated heterocycles. The lowest BCUT2D eigenvalue weighted by atomic mass is 10.2. The number of carbonyl (C=O) groups is 1. The summed E-state index contributed by atoms with van der Waals surface area (Å²) in [6.45, 7) is 5.36. The molecule has 3 rings (SSSR count). The maximum atomic E-state index is 12.5. The molecule has 1 aromatic carbocycles. The molecule has 0 aliphatic rings. The molecule has 0 unspecified atom stereocenters. The predicted molar refractivity (Wildman–Crippen MR) is 109 cm³/mol. The zero-order chi connectivity index (χ0) is 20.5. The van der Waals surface area contributed by atoms with Crippen LogP contribution in [0.2, 0.25) is 0 Å². The van der Waals surface area contributed by atoms with Gasteiger partial charge in [-0.3, -0.25) is 9.20 Å². The molecule has 0 radical (unpaired) electrons. The zero-order valence-corrected chi connectivity index (χ0v) is 17.6. The maximum Gasteiger partial charge on any atom is 0.255 e. The van der Waals surface area contributed by atoms with Gasteiger partial charge in [0.05, 0.1) is 29.0 Å². The first-order chi connectivity index (χ1) is 13.2. The van der Waals surface area contributed by atoms with Crippen LogP contribution in [-0.2, 0) is 14.8 Å². The maximum absolute atomic E-state index is 12.5. The number of hydrazone groups is 1. The van der Waals surface area contributed by atoms with Crippen molar-refractivity contribution >= 4 is 38.4 Å². The smallest absolute Gasteiger partial charge is 0.255 e. The minimum Gasteiger partial charge on any atom is -0.286 e. The summed E-state index contributed by atoms with van der Waals surface area (Å²) in [5.41, 5.74) is 5.93. The number of likely N-dealkylation sites (N-methyl/N-ethyl adjacent to an activating group) is 1. The molecule has 2 aromatic heterocycles. The molecule has 28 heavy (non-hydrogen) atoms. The molecule has 10 heteroatoms. The summed E-state index contributed by atoms with van der Waals surface area (Å²) in [6, 6.07) is 6.47. The molecule has 8 nitrogen and oxygen atoms in total.